The van der Waals surface area contributed by atoms with Crippen LogP contribution in [0.3, 0.4) is 0 Å². The molecule has 6 nitrogen and oxygen atoms in total. The second kappa shape index (κ2) is 13.9. The second-order valence-corrected chi connectivity index (χ2v) is 4.59. The summed E-state index contributed by atoms with van der Waals surface area (Å²) in [7, 11) is 0. The molecule has 0 fully saturated rings. The highest BCUT2D eigenvalue weighted by molar-refractivity contribution is 6.30. The van der Waals surface area contributed by atoms with Crippen LogP contribution in [0.25, 0.3) is 0 Å². The van der Waals surface area contributed by atoms with Crippen molar-refractivity contribution in [3.63, 3.8) is 0 Å². The monoisotopic (exact) mass is 373 g/mol. The van der Waals surface area contributed by atoms with Crippen molar-refractivity contribution in [2.45, 2.75) is 6.54 Å². The Hall–Kier alpha value is -0.760. The van der Waals surface area contributed by atoms with E-state index in [4.69, 9.17) is 27.2 Å². The molecular formula is C13H22Cl3N3O3. The highest BCUT2D eigenvalue weighted by Gasteiger charge is 2.06. The van der Waals surface area contributed by atoms with Crippen molar-refractivity contribution in [3.8, 4) is 5.75 Å². The smallest absolute Gasteiger partial charge is 0.255 e. The zero-order valence-electron chi connectivity index (χ0n) is 12.0. The lowest BCUT2D eigenvalue weighted by Crippen LogP contribution is -2.29. The van der Waals surface area contributed by atoms with Crippen molar-refractivity contribution in [1.29, 1.82) is 0 Å². The normalized spacial score (nSPS) is 9.55. The Balaban J connectivity index is 0. The van der Waals surface area contributed by atoms with Gasteiger partial charge in [0, 0.05) is 36.8 Å². The maximum Gasteiger partial charge on any atom is 0.255 e. The van der Waals surface area contributed by atoms with Crippen molar-refractivity contribution in [2.75, 3.05) is 32.8 Å². The number of carbonyl (C=O) groups is 1. The van der Waals surface area contributed by atoms with E-state index in [9.17, 15) is 4.79 Å². The summed E-state index contributed by atoms with van der Waals surface area (Å²) in [5, 5.41) is 15.5. The van der Waals surface area contributed by atoms with Crippen LogP contribution < -0.4 is 21.1 Å². The molecule has 0 bridgehead atoms. The quantitative estimate of drug-likeness (QED) is 0.453. The predicted octanol–water partition coefficient (Wildman–Crippen LogP) is 0.719. The number of amides is 1. The van der Waals surface area contributed by atoms with Gasteiger partial charge in [-0.25, -0.2) is 0 Å². The second-order valence-electron chi connectivity index (χ2n) is 4.16. The Bertz CT molecular complexity index is 436. The van der Waals surface area contributed by atoms with E-state index in [2.05, 4.69) is 10.6 Å². The number of carbonyl (C=O) groups excluding carboxylic acids is 1. The van der Waals surface area contributed by atoms with E-state index in [0.29, 0.717) is 23.9 Å². The van der Waals surface area contributed by atoms with E-state index in [1.54, 1.807) is 18.2 Å². The van der Waals surface area contributed by atoms with E-state index in [-0.39, 0.29) is 38.0 Å². The molecule has 9 heteroatoms. The fourth-order valence-electron chi connectivity index (χ4n) is 1.58. The van der Waals surface area contributed by atoms with Gasteiger partial charge in [-0.15, -0.1) is 24.8 Å². The molecule has 128 valence electrons. The average Bonchev–Trinajstić information content (AvgIpc) is 2.41. The van der Waals surface area contributed by atoms with Gasteiger partial charge in [-0.05, 0) is 18.2 Å². The maximum atomic E-state index is 10.7. The zero-order valence-corrected chi connectivity index (χ0v) is 14.4. The summed E-state index contributed by atoms with van der Waals surface area (Å²) >= 11 is 5.95. The molecule has 0 aliphatic rings. The largest absolute Gasteiger partial charge is 0.483 e. The van der Waals surface area contributed by atoms with Gasteiger partial charge in [0.05, 0.1) is 6.61 Å². The Morgan fingerprint density at radius 3 is 2.55 bits per heavy atom. The van der Waals surface area contributed by atoms with Crippen molar-refractivity contribution < 1.29 is 14.6 Å². The van der Waals surface area contributed by atoms with Gasteiger partial charge in [-0.3, -0.25) is 4.79 Å². The fraction of sp³-hybridized carbons (Fsp3) is 0.462. The van der Waals surface area contributed by atoms with Gasteiger partial charge in [-0.2, -0.15) is 0 Å². The molecule has 22 heavy (non-hydrogen) atoms. The number of nitrogens with two attached hydrogens (primary N) is 1. The molecule has 0 saturated heterocycles. The van der Waals surface area contributed by atoms with E-state index >= 15 is 0 Å². The summed E-state index contributed by atoms with van der Waals surface area (Å²) < 4.78 is 5.33. The topological polar surface area (TPSA) is 96.6 Å². The van der Waals surface area contributed by atoms with Gasteiger partial charge in [0.2, 0.25) is 0 Å². The molecule has 0 aliphatic carbocycles. The molecule has 0 heterocycles. The summed E-state index contributed by atoms with van der Waals surface area (Å²) in [6.07, 6.45) is 0. The summed E-state index contributed by atoms with van der Waals surface area (Å²) in [5.41, 5.74) is 5.92. The van der Waals surface area contributed by atoms with E-state index < -0.39 is 5.91 Å². The highest BCUT2D eigenvalue weighted by atomic mass is 35.5. The van der Waals surface area contributed by atoms with Crippen LogP contribution in [0.2, 0.25) is 5.02 Å². The molecule has 0 atom stereocenters. The molecule has 0 aliphatic heterocycles. The van der Waals surface area contributed by atoms with Crippen LogP contribution in [0, 0.1) is 0 Å². The molecule has 1 aromatic carbocycles. The molecule has 0 spiro atoms. The van der Waals surface area contributed by atoms with Gasteiger partial charge in [0.1, 0.15) is 5.75 Å². The zero-order chi connectivity index (χ0) is 14.8. The number of halogens is 3. The molecule has 0 unspecified atom stereocenters. The summed E-state index contributed by atoms with van der Waals surface area (Å²) in [6.45, 7) is 2.59. The third-order valence-electron chi connectivity index (χ3n) is 2.48. The molecule has 1 amide bonds. The summed E-state index contributed by atoms with van der Waals surface area (Å²) in [6, 6.07) is 5.20. The Labute approximate surface area is 147 Å². The number of nitrogens with one attached hydrogen (secondary N) is 2. The van der Waals surface area contributed by atoms with Crippen molar-refractivity contribution in [3.05, 3.63) is 28.8 Å². The van der Waals surface area contributed by atoms with E-state index in [1.165, 1.54) is 0 Å². The van der Waals surface area contributed by atoms with E-state index in [0.717, 1.165) is 18.7 Å². The van der Waals surface area contributed by atoms with Crippen LogP contribution in [-0.4, -0.2) is 43.9 Å². The minimum Gasteiger partial charge on any atom is -0.483 e. The lowest BCUT2D eigenvalue weighted by Gasteiger charge is -2.12. The standard InChI is InChI=1S/C13H20ClN3O3.2ClH/c14-11-1-2-12(20-9-13(15)19)10(7-11)8-17-4-3-16-5-6-18;;/h1-2,7,16-18H,3-6,8-9H2,(H2,15,19);2*1H. The van der Waals surface area contributed by atoms with Gasteiger partial charge >= 0.3 is 0 Å². The molecule has 0 saturated carbocycles. The van der Waals surface area contributed by atoms with Crippen molar-refractivity contribution in [2.24, 2.45) is 5.73 Å². The molecule has 0 aromatic heterocycles. The summed E-state index contributed by atoms with van der Waals surface area (Å²) in [5.74, 6) is 0.0658. The molecular weight excluding hydrogens is 353 g/mol. The Kier molecular flexibility index (Phi) is 14.8. The lowest BCUT2D eigenvalue weighted by atomic mass is 10.2. The number of aliphatic hydroxyl groups excluding tert-OH is 1. The first kappa shape index (κ1) is 23.5. The minimum atomic E-state index is -0.521. The third kappa shape index (κ3) is 10.0. The minimum absolute atomic E-state index is 0. The van der Waals surface area contributed by atoms with Crippen molar-refractivity contribution in [1.82, 2.24) is 10.6 Å². The van der Waals surface area contributed by atoms with Crippen LogP contribution in [-0.2, 0) is 11.3 Å². The number of ether oxygens (including phenoxy) is 1. The number of aliphatic hydroxyl groups is 1. The highest BCUT2D eigenvalue weighted by Crippen LogP contribution is 2.22. The first-order valence-electron chi connectivity index (χ1n) is 6.35. The SMILES string of the molecule is Cl.Cl.NC(=O)COc1ccc(Cl)cc1CNCCNCCO. The molecule has 1 aromatic rings. The van der Waals surface area contributed by atoms with Gasteiger partial charge in [-0.1, -0.05) is 11.6 Å². The predicted molar refractivity (Wildman–Crippen MR) is 92.3 cm³/mol. The Morgan fingerprint density at radius 1 is 1.23 bits per heavy atom. The lowest BCUT2D eigenvalue weighted by molar-refractivity contribution is -0.119. The molecule has 0 radical (unpaired) electrons. The number of primary amides is 1. The summed E-state index contributed by atoms with van der Waals surface area (Å²) in [4.78, 5) is 10.7. The van der Waals surface area contributed by atoms with Crippen LogP contribution in [0.15, 0.2) is 18.2 Å². The average molecular weight is 375 g/mol. The first-order chi connectivity index (χ1) is 9.63. The Morgan fingerprint density at radius 2 is 1.91 bits per heavy atom. The van der Waals surface area contributed by atoms with Gasteiger partial charge in [0.15, 0.2) is 6.61 Å². The van der Waals surface area contributed by atoms with Crippen LogP contribution in [0.4, 0.5) is 0 Å². The number of benzene rings is 1. The van der Waals surface area contributed by atoms with E-state index in [1.807, 2.05) is 0 Å². The fourth-order valence-corrected chi connectivity index (χ4v) is 1.77. The number of rotatable bonds is 10. The van der Waals surface area contributed by atoms with Crippen LogP contribution in [0.5, 0.6) is 5.75 Å². The molecule has 5 N–H and O–H groups in total. The number of hydrogen-bond donors (Lipinski definition) is 4. The van der Waals surface area contributed by atoms with Gasteiger partial charge < -0.3 is 26.2 Å². The molecule has 1 rings (SSSR count). The van der Waals surface area contributed by atoms with Crippen molar-refractivity contribution >= 4 is 42.3 Å². The maximum absolute atomic E-state index is 10.7. The van der Waals surface area contributed by atoms with Crippen LogP contribution >= 0.6 is 36.4 Å². The van der Waals surface area contributed by atoms with Gasteiger partial charge in [0.25, 0.3) is 5.91 Å². The third-order valence-corrected chi connectivity index (χ3v) is 2.71. The number of hydrogen-bond acceptors (Lipinski definition) is 5. The first-order valence-corrected chi connectivity index (χ1v) is 6.73. The van der Waals surface area contributed by atoms with Crippen LogP contribution in [0.1, 0.15) is 5.56 Å².